The zero-order chi connectivity index (χ0) is 23.9. The van der Waals surface area contributed by atoms with Crippen LogP contribution in [0.15, 0.2) is 41.5 Å². The highest BCUT2D eigenvalue weighted by molar-refractivity contribution is 5.80. The van der Waals surface area contributed by atoms with Crippen LogP contribution in [0.5, 0.6) is 0 Å². The third-order valence-corrected chi connectivity index (χ3v) is 7.08. The number of rotatable bonds is 3. The number of nitrogens with one attached hydrogen (secondary N) is 1. The lowest BCUT2D eigenvalue weighted by atomic mass is 9.93. The molecular weight excluding hydrogens is 444 g/mol. The monoisotopic (exact) mass is 470 g/mol. The summed E-state index contributed by atoms with van der Waals surface area (Å²) in [5, 5.41) is 22.7. The average Bonchev–Trinajstić information content (AvgIpc) is 3.32. The van der Waals surface area contributed by atoms with Crippen LogP contribution >= 0.6 is 0 Å². The summed E-state index contributed by atoms with van der Waals surface area (Å²) >= 11 is 0. The van der Waals surface area contributed by atoms with Gasteiger partial charge >= 0.3 is 0 Å². The van der Waals surface area contributed by atoms with Gasteiger partial charge in [0.2, 0.25) is 0 Å². The van der Waals surface area contributed by atoms with Gasteiger partial charge in [-0.15, -0.1) is 0 Å². The molecule has 1 saturated carbocycles. The van der Waals surface area contributed by atoms with Crippen molar-refractivity contribution >= 4 is 28.0 Å². The third-order valence-electron chi connectivity index (χ3n) is 7.08. The van der Waals surface area contributed by atoms with Crippen LogP contribution in [0.25, 0.3) is 28.0 Å². The third kappa shape index (κ3) is 3.83. The molecule has 4 aromatic rings. The lowest BCUT2D eigenvalue weighted by molar-refractivity contribution is 0.111. The minimum atomic E-state index is -0.321. The number of imidazole rings is 1. The fourth-order valence-electron chi connectivity index (χ4n) is 5.19. The fourth-order valence-corrected chi connectivity index (χ4v) is 5.19. The molecule has 0 spiro atoms. The molecule has 0 atom stereocenters. The normalized spacial score (nSPS) is 20.9. The number of piperazine rings is 1. The van der Waals surface area contributed by atoms with Crippen molar-refractivity contribution in [3.05, 3.63) is 52.6 Å². The highest BCUT2D eigenvalue weighted by Gasteiger charge is 2.27. The van der Waals surface area contributed by atoms with Gasteiger partial charge in [0.05, 0.1) is 28.8 Å². The second-order valence-electron chi connectivity index (χ2n) is 9.25. The molecule has 1 aliphatic heterocycles. The number of aliphatic hydroxyl groups excluding tert-OH is 1. The highest BCUT2D eigenvalue weighted by Crippen LogP contribution is 2.30. The second kappa shape index (κ2) is 8.76. The molecule has 178 valence electrons. The van der Waals surface area contributed by atoms with Crippen molar-refractivity contribution in [2.45, 2.75) is 37.8 Å². The molecular formula is C25H26N8O2. The van der Waals surface area contributed by atoms with Crippen molar-refractivity contribution < 1.29 is 5.11 Å². The van der Waals surface area contributed by atoms with E-state index in [0.29, 0.717) is 54.0 Å². The van der Waals surface area contributed by atoms with Crippen molar-refractivity contribution in [3.8, 4) is 11.9 Å². The van der Waals surface area contributed by atoms with Crippen LogP contribution in [0.2, 0.25) is 0 Å². The molecule has 6 rings (SSSR count). The van der Waals surface area contributed by atoms with E-state index in [0.717, 1.165) is 37.2 Å². The summed E-state index contributed by atoms with van der Waals surface area (Å²) in [5.74, 6) is 1.07. The molecule has 2 aliphatic rings. The van der Waals surface area contributed by atoms with Crippen LogP contribution in [0.1, 0.15) is 37.3 Å². The number of benzene rings is 1. The van der Waals surface area contributed by atoms with E-state index in [9.17, 15) is 15.2 Å². The summed E-state index contributed by atoms with van der Waals surface area (Å²) in [4.78, 5) is 30.0. The van der Waals surface area contributed by atoms with E-state index in [2.05, 4.69) is 16.4 Å². The average molecular weight is 471 g/mol. The molecule has 35 heavy (non-hydrogen) atoms. The van der Waals surface area contributed by atoms with Gasteiger partial charge in [0.25, 0.3) is 5.56 Å². The van der Waals surface area contributed by atoms with Crippen LogP contribution in [0.3, 0.4) is 0 Å². The molecule has 0 radical (unpaired) electrons. The van der Waals surface area contributed by atoms with Crippen LogP contribution in [0.4, 0.5) is 5.82 Å². The molecule has 4 heterocycles. The van der Waals surface area contributed by atoms with Crippen molar-refractivity contribution in [3.63, 3.8) is 0 Å². The Kier molecular flexibility index (Phi) is 5.43. The van der Waals surface area contributed by atoms with Gasteiger partial charge in [-0.1, -0.05) is 0 Å². The largest absolute Gasteiger partial charge is 0.393 e. The SMILES string of the molecule is N#Cc1ccc2ncn(-c3ccc4nc(N5CCNCC5)c(=O)n([C@H]5CC[C@H](O)CC5)c4n3)c2c1. The maximum absolute atomic E-state index is 13.8. The number of anilines is 1. The number of nitrogens with zero attached hydrogens (tertiary/aromatic N) is 7. The van der Waals surface area contributed by atoms with E-state index in [-0.39, 0.29) is 17.7 Å². The minimum Gasteiger partial charge on any atom is -0.393 e. The van der Waals surface area contributed by atoms with Gasteiger partial charge in [-0.2, -0.15) is 5.26 Å². The Hall–Kier alpha value is -3.81. The molecule has 10 heteroatoms. The van der Waals surface area contributed by atoms with E-state index < -0.39 is 0 Å². The van der Waals surface area contributed by atoms with Gasteiger partial charge in [0.15, 0.2) is 11.5 Å². The summed E-state index contributed by atoms with van der Waals surface area (Å²) < 4.78 is 3.63. The van der Waals surface area contributed by atoms with Crippen LogP contribution in [-0.2, 0) is 0 Å². The Labute approximate surface area is 201 Å². The van der Waals surface area contributed by atoms with Crippen LogP contribution in [-0.4, -0.2) is 61.5 Å². The fraction of sp³-hybridized carbons (Fsp3) is 0.400. The number of hydrogen-bond acceptors (Lipinski definition) is 8. The number of hydrogen-bond donors (Lipinski definition) is 2. The zero-order valence-corrected chi connectivity index (χ0v) is 19.3. The maximum Gasteiger partial charge on any atom is 0.295 e. The summed E-state index contributed by atoms with van der Waals surface area (Å²) in [5.41, 5.74) is 3.14. The Morgan fingerprint density at radius 3 is 2.57 bits per heavy atom. The molecule has 3 aromatic heterocycles. The molecule has 1 aliphatic carbocycles. The summed E-state index contributed by atoms with van der Waals surface area (Å²) in [6.45, 7) is 3.07. The van der Waals surface area contributed by atoms with Gasteiger partial charge in [0.1, 0.15) is 17.7 Å². The number of aliphatic hydroxyl groups is 1. The first-order valence-electron chi connectivity index (χ1n) is 12.1. The van der Waals surface area contributed by atoms with Gasteiger partial charge in [-0.05, 0) is 56.0 Å². The first kappa shape index (κ1) is 21.7. The van der Waals surface area contributed by atoms with E-state index in [1.165, 1.54) is 0 Å². The highest BCUT2D eigenvalue weighted by atomic mass is 16.3. The Morgan fingerprint density at radius 2 is 1.80 bits per heavy atom. The molecule has 0 amide bonds. The quantitative estimate of drug-likeness (QED) is 0.465. The maximum atomic E-state index is 13.8. The van der Waals surface area contributed by atoms with Crippen LogP contribution < -0.4 is 15.8 Å². The van der Waals surface area contributed by atoms with Gasteiger partial charge in [-0.25, -0.2) is 15.0 Å². The molecule has 0 bridgehead atoms. The zero-order valence-electron chi connectivity index (χ0n) is 19.3. The predicted molar refractivity (Wildman–Crippen MR) is 132 cm³/mol. The number of nitriles is 1. The Balaban J connectivity index is 1.54. The predicted octanol–water partition coefficient (Wildman–Crippen LogP) is 1.89. The number of fused-ring (bicyclic) bond motifs is 2. The van der Waals surface area contributed by atoms with Crippen molar-refractivity contribution in [2.24, 2.45) is 0 Å². The van der Waals surface area contributed by atoms with Crippen molar-refractivity contribution in [2.75, 3.05) is 31.1 Å². The van der Waals surface area contributed by atoms with Gasteiger partial charge in [-0.3, -0.25) is 13.9 Å². The molecule has 1 saturated heterocycles. The van der Waals surface area contributed by atoms with Crippen LogP contribution in [0, 0.1) is 11.3 Å². The topological polar surface area (TPSA) is 125 Å². The molecule has 2 N–H and O–H groups in total. The van der Waals surface area contributed by atoms with E-state index in [4.69, 9.17) is 9.97 Å². The van der Waals surface area contributed by atoms with E-state index in [1.54, 1.807) is 23.0 Å². The van der Waals surface area contributed by atoms with Crippen molar-refractivity contribution in [1.82, 2.24) is 29.4 Å². The molecule has 2 fully saturated rings. The smallest absolute Gasteiger partial charge is 0.295 e. The summed E-state index contributed by atoms with van der Waals surface area (Å²) in [7, 11) is 0. The first-order valence-corrected chi connectivity index (χ1v) is 12.1. The molecule has 0 unspecified atom stereocenters. The number of aromatic nitrogens is 5. The summed E-state index contributed by atoms with van der Waals surface area (Å²) in [6, 6.07) is 11.2. The first-order chi connectivity index (χ1) is 17.1. The van der Waals surface area contributed by atoms with Gasteiger partial charge < -0.3 is 15.3 Å². The summed E-state index contributed by atoms with van der Waals surface area (Å²) in [6.07, 6.45) is 4.11. The number of pyridine rings is 1. The standard InChI is InChI=1S/C25H26N8O2/c26-14-16-1-6-19-21(13-16)32(15-28-19)22-8-7-20-23(30-22)33(17-2-4-18(34)5-3-17)25(35)24(29-20)31-11-9-27-10-12-31/h1,6-8,13,15,17-18,27,34H,2-5,9-12H2/t17-,18-. The van der Waals surface area contributed by atoms with Crippen molar-refractivity contribution in [1.29, 1.82) is 5.26 Å². The Bertz CT molecular complexity index is 1500. The Morgan fingerprint density at radius 1 is 1.03 bits per heavy atom. The lowest BCUT2D eigenvalue weighted by Gasteiger charge is -2.31. The molecule has 1 aromatic carbocycles. The van der Waals surface area contributed by atoms with E-state index >= 15 is 0 Å². The second-order valence-corrected chi connectivity index (χ2v) is 9.25. The minimum absolute atomic E-state index is 0.0504. The molecule has 10 nitrogen and oxygen atoms in total. The van der Waals surface area contributed by atoms with E-state index in [1.807, 2.05) is 27.7 Å². The van der Waals surface area contributed by atoms with Gasteiger partial charge in [0, 0.05) is 32.2 Å². The lowest BCUT2D eigenvalue weighted by Crippen LogP contribution is -2.47.